The minimum absolute atomic E-state index is 0.903. The summed E-state index contributed by atoms with van der Waals surface area (Å²) in [7, 11) is 0. The van der Waals surface area contributed by atoms with Crippen molar-refractivity contribution in [2.45, 2.75) is 0 Å². The van der Waals surface area contributed by atoms with E-state index < -0.39 is 0 Å². The van der Waals surface area contributed by atoms with Crippen LogP contribution in [0.5, 0.6) is 0 Å². The molecule has 3 heterocycles. The zero-order valence-electron chi connectivity index (χ0n) is 28.5. The molecule has 0 aliphatic heterocycles. The summed E-state index contributed by atoms with van der Waals surface area (Å²) in [4.78, 5) is 0. The van der Waals surface area contributed by atoms with E-state index in [-0.39, 0.29) is 0 Å². The van der Waals surface area contributed by atoms with Gasteiger partial charge in [0, 0.05) is 48.8 Å². The van der Waals surface area contributed by atoms with Gasteiger partial charge < -0.3 is 13.4 Å². The lowest BCUT2D eigenvalue weighted by Gasteiger charge is -2.15. The number of nitrogens with zero attached hydrogens (tertiary/aromatic N) is 1. The molecule has 9 aromatic carbocycles. The second-order valence-electron chi connectivity index (χ2n) is 14.0. The van der Waals surface area contributed by atoms with Crippen molar-refractivity contribution in [3.63, 3.8) is 0 Å². The molecule has 3 nitrogen and oxygen atoms in total. The molecule has 0 bridgehead atoms. The largest absolute Gasteiger partial charge is 0.455 e. The summed E-state index contributed by atoms with van der Waals surface area (Å²) in [5.41, 5.74) is 11.5. The highest BCUT2D eigenvalue weighted by Crippen LogP contribution is 2.43. The number of hydrogen-bond acceptors (Lipinski definition) is 2. The molecule has 246 valence electrons. The van der Waals surface area contributed by atoms with Gasteiger partial charge in [0.1, 0.15) is 22.3 Å². The van der Waals surface area contributed by atoms with E-state index in [1.165, 1.54) is 32.3 Å². The van der Waals surface area contributed by atoms with E-state index in [2.05, 4.69) is 168 Å². The first-order valence-electron chi connectivity index (χ1n) is 18.1. The molecule has 0 spiro atoms. The SMILES string of the molecule is c1ccc2c(c1)cc(-n1c3cc(-c4cccc5c4oc4ccccc45)ccc3c3ccc(-c4cccc5c4oc4ccccc45)cc31)c1ccccc12. The van der Waals surface area contributed by atoms with E-state index in [0.29, 0.717) is 0 Å². The summed E-state index contributed by atoms with van der Waals surface area (Å²) >= 11 is 0. The Morgan fingerprint density at radius 2 is 0.792 bits per heavy atom. The van der Waals surface area contributed by atoms with E-state index >= 15 is 0 Å². The van der Waals surface area contributed by atoms with Gasteiger partial charge in [-0.15, -0.1) is 0 Å². The summed E-state index contributed by atoms with van der Waals surface area (Å²) in [6, 6.07) is 63.2. The Balaban J connectivity index is 1.19. The lowest BCUT2D eigenvalue weighted by Crippen LogP contribution is -1.97. The highest BCUT2D eigenvalue weighted by molar-refractivity contribution is 6.17. The molecule has 0 fully saturated rings. The summed E-state index contributed by atoms with van der Waals surface area (Å²) < 4.78 is 15.5. The molecule has 12 rings (SSSR count). The topological polar surface area (TPSA) is 31.2 Å². The van der Waals surface area contributed by atoms with Crippen LogP contribution in [0.4, 0.5) is 0 Å². The Labute approximate surface area is 303 Å². The van der Waals surface area contributed by atoms with Gasteiger partial charge in [-0.1, -0.05) is 146 Å². The summed E-state index contributed by atoms with van der Waals surface area (Å²) in [6.07, 6.45) is 0. The minimum atomic E-state index is 0.903. The lowest BCUT2D eigenvalue weighted by molar-refractivity contribution is 0.669. The van der Waals surface area contributed by atoms with Crippen LogP contribution in [0.3, 0.4) is 0 Å². The second-order valence-corrected chi connectivity index (χ2v) is 14.0. The molecule has 53 heavy (non-hydrogen) atoms. The molecule has 0 radical (unpaired) electrons. The third-order valence-electron chi connectivity index (χ3n) is 11.2. The van der Waals surface area contributed by atoms with Crippen LogP contribution in [0, 0.1) is 0 Å². The third kappa shape index (κ3) is 4.05. The number of fused-ring (bicyclic) bond motifs is 12. The van der Waals surface area contributed by atoms with E-state index in [9.17, 15) is 0 Å². The Kier molecular flexibility index (Phi) is 5.77. The van der Waals surface area contributed by atoms with Crippen LogP contribution in [-0.2, 0) is 0 Å². The number of hydrogen-bond donors (Lipinski definition) is 0. The van der Waals surface area contributed by atoms with Gasteiger partial charge in [-0.2, -0.15) is 0 Å². The van der Waals surface area contributed by atoms with Crippen LogP contribution in [0.25, 0.3) is 115 Å². The van der Waals surface area contributed by atoms with Crippen molar-refractivity contribution < 1.29 is 8.83 Å². The molecular weight excluding hydrogens is 647 g/mol. The lowest BCUT2D eigenvalue weighted by atomic mass is 9.99. The molecule has 0 amide bonds. The maximum atomic E-state index is 6.54. The number of furan rings is 2. The summed E-state index contributed by atoms with van der Waals surface area (Å²) in [5.74, 6) is 0. The molecule has 0 saturated heterocycles. The smallest absolute Gasteiger partial charge is 0.143 e. The average Bonchev–Trinajstić information content (AvgIpc) is 3.89. The molecule has 0 unspecified atom stereocenters. The first kappa shape index (κ1) is 28.6. The molecular formula is C50H29NO2. The zero-order valence-corrected chi connectivity index (χ0v) is 28.5. The Morgan fingerprint density at radius 3 is 1.38 bits per heavy atom. The molecule has 0 aliphatic rings. The van der Waals surface area contributed by atoms with Crippen molar-refractivity contribution in [1.82, 2.24) is 4.57 Å². The quantitative estimate of drug-likeness (QED) is 0.175. The Hall–Kier alpha value is -7.10. The molecule has 3 aromatic heterocycles. The highest BCUT2D eigenvalue weighted by atomic mass is 16.3. The number of benzene rings is 9. The highest BCUT2D eigenvalue weighted by Gasteiger charge is 2.20. The van der Waals surface area contributed by atoms with E-state index in [0.717, 1.165) is 82.9 Å². The van der Waals surface area contributed by atoms with Crippen molar-refractivity contribution >= 4 is 87.2 Å². The van der Waals surface area contributed by atoms with Crippen molar-refractivity contribution in [2.75, 3.05) is 0 Å². The minimum Gasteiger partial charge on any atom is -0.455 e. The number of aromatic nitrogens is 1. The standard InChI is InChI=1S/C50H29NO2/c1-2-12-33-30(11-1)27-44(37-14-4-3-13-36(33)37)51-45-28-31(34-17-9-19-42-40-15-5-7-21-47(40)52-49(34)42)23-25-38(45)39-26-24-32(29-46(39)51)35-18-10-20-43-41-16-6-8-22-48(41)53-50(35)43/h1-29H. The van der Waals surface area contributed by atoms with Crippen molar-refractivity contribution in [3.05, 3.63) is 176 Å². The molecule has 3 heteroatoms. The van der Waals surface area contributed by atoms with Crippen molar-refractivity contribution in [1.29, 1.82) is 0 Å². The van der Waals surface area contributed by atoms with Crippen molar-refractivity contribution in [3.8, 4) is 27.9 Å². The molecule has 0 N–H and O–H groups in total. The van der Waals surface area contributed by atoms with Crippen LogP contribution in [0.2, 0.25) is 0 Å². The van der Waals surface area contributed by atoms with Crippen LogP contribution < -0.4 is 0 Å². The fraction of sp³-hybridized carbons (Fsp3) is 0. The Morgan fingerprint density at radius 1 is 0.321 bits per heavy atom. The van der Waals surface area contributed by atoms with Gasteiger partial charge in [-0.3, -0.25) is 0 Å². The molecule has 0 atom stereocenters. The first-order chi connectivity index (χ1) is 26.3. The fourth-order valence-corrected chi connectivity index (χ4v) is 8.78. The van der Waals surface area contributed by atoms with E-state index in [4.69, 9.17) is 8.83 Å². The molecule has 12 aromatic rings. The third-order valence-corrected chi connectivity index (χ3v) is 11.2. The van der Waals surface area contributed by atoms with Crippen LogP contribution in [0.1, 0.15) is 0 Å². The normalized spacial score (nSPS) is 12.2. The summed E-state index contributed by atoms with van der Waals surface area (Å²) in [5, 5.41) is 11.8. The monoisotopic (exact) mass is 675 g/mol. The van der Waals surface area contributed by atoms with Crippen LogP contribution in [-0.4, -0.2) is 4.57 Å². The Bertz CT molecular complexity index is 3290. The molecule has 0 aliphatic carbocycles. The number of rotatable bonds is 3. The van der Waals surface area contributed by atoms with Gasteiger partial charge in [0.2, 0.25) is 0 Å². The van der Waals surface area contributed by atoms with Gasteiger partial charge in [-0.05, 0) is 57.6 Å². The van der Waals surface area contributed by atoms with Gasteiger partial charge in [-0.25, -0.2) is 0 Å². The van der Waals surface area contributed by atoms with Crippen LogP contribution in [0.15, 0.2) is 185 Å². The fourth-order valence-electron chi connectivity index (χ4n) is 8.78. The van der Waals surface area contributed by atoms with Gasteiger partial charge in [0.25, 0.3) is 0 Å². The predicted molar refractivity (Wildman–Crippen MR) is 221 cm³/mol. The first-order valence-corrected chi connectivity index (χ1v) is 18.1. The van der Waals surface area contributed by atoms with Gasteiger partial charge >= 0.3 is 0 Å². The second kappa shape index (κ2) is 10.7. The number of para-hydroxylation sites is 4. The van der Waals surface area contributed by atoms with Gasteiger partial charge in [0.15, 0.2) is 0 Å². The maximum absolute atomic E-state index is 6.54. The predicted octanol–water partition coefficient (Wildman–Crippen LogP) is 14.2. The van der Waals surface area contributed by atoms with Gasteiger partial charge in [0.05, 0.1) is 16.7 Å². The average molecular weight is 676 g/mol. The van der Waals surface area contributed by atoms with Crippen molar-refractivity contribution in [2.24, 2.45) is 0 Å². The molecule has 0 saturated carbocycles. The van der Waals surface area contributed by atoms with E-state index in [1.807, 2.05) is 12.1 Å². The van der Waals surface area contributed by atoms with E-state index in [1.54, 1.807) is 0 Å². The maximum Gasteiger partial charge on any atom is 0.143 e. The van der Waals surface area contributed by atoms with Crippen LogP contribution >= 0.6 is 0 Å². The summed E-state index contributed by atoms with van der Waals surface area (Å²) in [6.45, 7) is 0. The zero-order chi connectivity index (χ0) is 34.6.